The Bertz CT molecular complexity index is 390. The van der Waals surface area contributed by atoms with E-state index in [2.05, 4.69) is 0 Å². The van der Waals surface area contributed by atoms with Crippen LogP contribution < -0.4 is 4.73 Å². The molecule has 0 saturated heterocycles. The van der Waals surface area contributed by atoms with Crippen LogP contribution in [-0.4, -0.2) is 11.1 Å². The average Bonchev–Trinajstić information content (AvgIpc) is 2.09. The largest absolute Gasteiger partial charge is 0.616 e. The second-order valence-corrected chi connectivity index (χ2v) is 3.11. The summed E-state index contributed by atoms with van der Waals surface area (Å²) in [5, 5.41) is 19.7. The van der Waals surface area contributed by atoms with Crippen LogP contribution in [-0.2, 0) is 11.2 Å². The van der Waals surface area contributed by atoms with Gasteiger partial charge in [-0.1, -0.05) is 0 Å². The summed E-state index contributed by atoms with van der Waals surface area (Å²) in [5.74, 6) is -2.09. The molecule has 0 aliphatic rings. The molecule has 0 aliphatic heterocycles. The molecule has 1 N–H and O–H groups in total. The van der Waals surface area contributed by atoms with E-state index in [0.29, 0.717) is 5.56 Å². The summed E-state index contributed by atoms with van der Waals surface area (Å²) < 4.78 is 13.1. The quantitative estimate of drug-likeness (QED) is 0.433. The number of pyridine rings is 1. The molecule has 0 bridgehead atoms. The number of carboxylic acids is 1. The normalized spacial score (nSPS) is 10.2. The Morgan fingerprint density at radius 2 is 2.14 bits per heavy atom. The number of halogens is 1. The van der Waals surface area contributed by atoms with Gasteiger partial charge in [-0.25, -0.2) is 0 Å². The van der Waals surface area contributed by atoms with E-state index < -0.39 is 18.3 Å². The van der Waals surface area contributed by atoms with E-state index in [-0.39, 0.29) is 16.0 Å². The number of carboxylic acid groups (broad SMARTS) is 1. The van der Waals surface area contributed by atoms with Crippen molar-refractivity contribution in [2.75, 3.05) is 0 Å². The lowest BCUT2D eigenvalue weighted by Crippen LogP contribution is -2.39. The van der Waals surface area contributed by atoms with Gasteiger partial charge in [-0.05, 0) is 19.9 Å². The Kier molecular flexibility index (Phi) is 2.69. The Morgan fingerprint density at radius 3 is 2.64 bits per heavy atom. The lowest BCUT2D eigenvalue weighted by Gasteiger charge is -2.07. The third kappa shape index (κ3) is 1.81. The highest BCUT2D eigenvalue weighted by molar-refractivity contribution is 5.69. The first-order valence-corrected chi connectivity index (χ1v) is 4.03. The molecule has 4 nitrogen and oxygen atoms in total. The van der Waals surface area contributed by atoms with Gasteiger partial charge < -0.3 is 10.3 Å². The van der Waals surface area contributed by atoms with Gasteiger partial charge in [0.2, 0.25) is 5.69 Å². The number of aromatic nitrogens is 1. The molecular formula is C9H10FNO3. The van der Waals surface area contributed by atoms with Gasteiger partial charge in [-0.3, -0.25) is 4.79 Å². The third-order valence-corrected chi connectivity index (χ3v) is 1.96. The zero-order valence-electron chi connectivity index (χ0n) is 7.87. The molecule has 0 aliphatic carbocycles. The van der Waals surface area contributed by atoms with Crippen LogP contribution in [0.1, 0.15) is 16.8 Å². The molecule has 0 atom stereocenters. The van der Waals surface area contributed by atoms with Gasteiger partial charge >= 0.3 is 11.9 Å². The van der Waals surface area contributed by atoms with Crippen LogP contribution in [0.2, 0.25) is 0 Å². The zero-order chi connectivity index (χ0) is 10.9. The molecule has 0 radical (unpaired) electrons. The van der Waals surface area contributed by atoms with Crippen LogP contribution in [0.3, 0.4) is 0 Å². The molecule has 1 aromatic heterocycles. The molecule has 1 rings (SSSR count). The molecule has 0 amide bonds. The van der Waals surface area contributed by atoms with Crippen molar-refractivity contribution in [1.29, 1.82) is 0 Å². The summed E-state index contributed by atoms with van der Waals surface area (Å²) in [5.41, 5.74) is 0.647. The number of rotatable bonds is 2. The van der Waals surface area contributed by atoms with Crippen molar-refractivity contribution in [1.82, 2.24) is 0 Å². The number of hydrogen-bond acceptors (Lipinski definition) is 2. The fourth-order valence-corrected chi connectivity index (χ4v) is 1.26. The fraction of sp³-hybridized carbons (Fsp3) is 0.333. The van der Waals surface area contributed by atoms with Crippen LogP contribution in [0.15, 0.2) is 6.07 Å². The zero-order valence-corrected chi connectivity index (χ0v) is 7.87. The van der Waals surface area contributed by atoms with Crippen LogP contribution in [0.5, 0.6) is 0 Å². The van der Waals surface area contributed by atoms with E-state index in [0.717, 1.165) is 0 Å². The van der Waals surface area contributed by atoms with Crippen molar-refractivity contribution < 1.29 is 19.0 Å². The van der Waals surface area contributed by atoms with E-state index in [1.165, 1.54) is 13.0 Å². The number of aliphatic carboxylic acids is 1. The van der Waals surface area contributed by atoms with Crippen molar-refractivity contribution in [3.05, 3.63) is 34.0 Å². The lowest BCUT2D eigenvalue weighted by atomic mass is 10.1. The summed E-state index contributed by atoms with van der Waals surface area (Å²) in [6.07, 6.45) is -0.466. The topological polar surface area (TPSA) is 64.2 Å². The van der Waals surface area contributed by atoms with Crippen LogP contribution >= 0.6 is 0 Å². The highest BCUT2D eigenvalue weighted by Crippen LogP contribution is 2.09. The smallest absolute Gasteiger partial charge is 0.374 e. The van der Waals surface area contributed by atoms with Gasteiger partial charge in [-0.15, -0.1) is 9.12 Å². The number of aryl methyl sites for hydroxylation is 2. The summed E-state index contributed by atoms with van der Waals surface area (Å²) >= 11 is 0. The van der Waals surface area contributed by atoms with Crippen LogP contribution in [0, 0.1) is 25.0 Å². The molecule has 1 heterocycles. The fourth-order valence-electron chi connectivity index (χ4n) is 1.26. The number of hydrogen-bond donors (Lipinski definition) is 1. The maximum absolute atomic E-state index is 13.1. The van der Waals surface area contributed by atoms with Gasteiger partial charge in [0.1, 0.15) is 6.42 Å². The van der Waals surface area contributed by atoms with Gasteiger partial charge in [0.15, 0.2) is 0 Å². The molecule has 0 aromatic carbocycles. The predicted octanol–water partition coefficient (Wildman–Crippen LogP) is 0.703. The summed E-state index contributed by atoms with van der Waals surface area (Å²) in [6, 6.07) is 1.46. The van der Waals surface area contributed by atoms with Crippen molar-refractivity contribution in [3.63, 3.8) is 0 Å². The standard InChI is InChI=1S/C9H10FNO3/c1-5-3-6(2)9(10)11(14)7(5)4-8(12)13/h3H,4H2,1-2H3,(H,12,13). The molecule has 1 aromatic rings. The lowest BCUT2D eigenvalue weighted by molar-refractivity contribution is -0.645. The Labute approximate surface area is 80.2 Å². The molecular weight excluding hydrogens is 189 g/mol. The third-order valence-electron chi connectivity index (χ3n) is 1.96. The predicted molar refractivity (Wildman–Crippen MR) is 46.2 cm³/mol. The first kappa shape index (κ1) is 10.4. The minimum Gasteiger partial charge on any atom is -0.616 e. The van der Waals surface area contributed by atoms with Crippen LogP contribution in [0.25, 0.3) is 0 Å². The molecule has 76 valence electrons. The van der Waals surface area contributed by atoms with Gasteiger partial charge in [0.25, 0.3) is 0 Å². The van der Waals surface area contributed by atoms with Crippen molar-refractivity contribution in [3.8, 4) is 0 Å². The average molecular weight is 199 g/mol. The van der Waals surface area contributed by atoms with Gasteiger partial charge in [-0.2, -0.15) is 0 Å². The monoisotopic (exact) mass is 199 g/mol. The van der Waals surface area contributed by atoms with Gasteiger partial charge in [0, 0.05) is 5.56 Å². The highest BCUT2D eigenvalue weighted by Gasteiger charge is 2.19. The maximum atomic E-state index is 13.1. The summed E-state index contributed by atoms with van der Waals surface area (Å²) in [4.78, 5) is 10.4. The molecule has 14 heavy (non-hydrogen) atoms. The van der Waals surface area contributed by atoms with Crippen molar-refractivity contribution in [2.24, 2.45) is 0 Å². The SMILES string of the molecule is Cc1cc(C)c(CC(=O)O)[n+]([O-])c1F. The molecule has 0 fully saturated rings. The van der Waals surface area contributed by atoms with E-state index in [1.54, 1.807) is 6.92 Å². The maximum Gasteiger partial charge on any atom is 0.374 e. The highest BCUT2D eigenvalue weighted by atomic mass is 19.1. The van der Waals surface area contributed by atoms with E-state index >= 15 is 0 Å². The molecule has 0 spiro atoms. The second kappa shape index (κ2) is 3.61. The van der Waals surface area contributed by atoms with E-state index in [4.69, 9.17) is 5.11 Å². The Morgan fingerprint density at radius 1 is 1.57 bits per heavy atom. The summed E-state index contributed by atoms with van der Waals surface area (Å²) in [6.45, 7) is 3.04. The first-order valence-electron chi connectivity index (χ1n) is 4.03. The number of nitrogens with zero attached hydrogens (tertiary/aromatic N) is 1. The van der Waals surface area contributed by atoms with Crippen molar-refractivity contribution in [2.45, 2.75) is 20.3 Å². The van der Waals surface area contributed by atoms with Crippen LogP contribution in [0.4, 0.5) is 4.39 Å². The molecule has 0 saturated carbocycles. The molecule has 5 heteroatoms. The van der Waals surface area contributed by atoms with Gasteiger partial charge in [0.05, 0.1) is 5.56 Å². The minimum atomic E-state index is -1.15. The Hall–Kier alpha value is -1.65. The Balaban J connectivity index is 3.29. The van der Waals surface area contributed by atoms with E-state index in [1.807, 2.05) is 0 Å². The van der Waals surface area contributed by atoms with Crippen molar-refractivity contribution >= 4 is 5.97 Å². The van der Waals surface area contributed by atoms with E-state index in [9.17, 15) is 14.4 Å². The first-order chi connectivity index (χ1) is 6.43. The number of carbonyl (C=O) groups is 1. The second-order valence-electron chi connectivity index (χ2n) is 3.11. The summed E-state index contributed by atoms with van der Waals surface area (Å²) in [7, 11) is 0. The minimum absolute atomic E-state index is 0.0405. The molecule has 0 unspecified atom stereocenters.